The molecule has 98 valence electrons. The first kappa shape index (κ1) is 12.2. The lowest BCUT2D eigenvalue weighted by molar-refractivity contribution is 0.314. The Hall–Kier alpha value is -0.860. The van der Waals surface area contributed by atoms with Gasteiger partial charge in [0.15, 0.2) is 0 Å². The summed E-state index contributed by atoms with van der Waals surface area (Å²) in [7, 11) is 0. The lowest BCUT2D eigenvalue weighted by Gasteiger charge is -2.23. The molecule has 2 heteroatoms. The van der Waals surface area contributed by atoms with Gasteiger partial charge in [-0.1, -0.05) is 38.0 Å². The first-order chi connectivity index (χ1) is 8.75. The second kappa shape index (κ2) is 5.02. The molecule has 1 heterocycles. The van der Waals surface area contributed by atoms with Crippen LogP contribution in [0, 0.1) is 5.41 Å². The number of benzene rings is 1. The van der Waals surface area contributed by atoms with Gasteiger partial charge in [-0.15, -0.1) is 0 Å². The van der Waals surface area contributed by atoms with E-state index in [2.05, 4.69) is 35.8 Å². The summed E-state index contributed by atoms with van der Waals surface area (Å²) in [6.07, 6.45) is 5.63. The van der Waals surface area contributed by atoms with Gasteiger partial charge in [0.1, 0.15) is 0 Å². The van der Waals surface area contributed by atoms with Crippen LogP contribution in [0.3, 0.4) is 0 Å². The third-order valence-electron chi connectivity index (χ3n) is 4.59. The molecule has 0 bridgehead atoms. The molecule has 1 fully saturated rings. The maximum Gasteiger partial charge on any atom is 0.0212 e. The van der Waals surface area contributed by atoms with Crippen molar-refractivity contribution in [1.29, 1.82) is 0 Å². The molecule has 0 atom stereocenters. The molecule has 0 amide bonds. The van der Waals surface area contributed by atoms with Crippen molar-refractivity contribution in [3.63, 3.8) is 0 Å². The SMILES string of the molecule is CC1(CNCc2ccc3c(c2)CNC3)CCCC1. The summed E-state index contributed by atoms with van der Waals surface area (Å²) in [5.41, 5.74) is 4.94. The lowest BCUT2D eigenvalue weighted by atomic mass is 9.89. The predicted octanol–water partition coefficient (Wildman–Crippen LogP) is 2.96. The van der Waals surface area contributed by atoms with E-state index in [-0.39, 0.29) is 0 Å². The maximum atomic E-state index is 3.65. The Bertz CT molecular complexity index is 419. The highest BCUT2D eigenvalue weighted by Gasteiger charge is 2.27. The van der Waals surface area contributed by atoms with Crippen molar-refractivity contribution in [2.24, 2.45) is 5.41 Å². The molecule has 0 spiro atoms. The highest BCUT2D eigenvalue weighted by molar-refractivity contribution is 5.34. The first-order valence-corrected chi connectivity index (χ1v) is 7.27. The third-order valence-corrected chi connectivity index (χ3v) is 4.59. The molecule has 18 heavy (non-hydrogen) atoms. The molecule has 1 aromatic rings. The predicted molar refractivity (Wildman–Crippen MR) is 75.3 cm³/mol. The van der Waals surface area contributed by atoms with E-state index in [1.165, 1.54) is 48.9 Å². The first-order valence-electron chi connectivity index (χ1n) is 7.27. The van der Waals surface area contributed by atoms with E-state index in [9.17, 15) is 0 Å². The Morgan fingerprint density at radius 2 is 1.94 bits per heavy atom. The highest BCUT2D eigenvalue weighted by Crippen LogP contribution is 2.36. The van der Waals surface area contributed by atoms with Gasteiger partial charge in [-0.25, -0.2) is 0 Å². The fourth-order valence-electron chi connectivity index (χ4n) is 3.37. The summed E-state index contributed by atoms with van der Waals surface area (Å²) in [5, 5.41) is 7.06. The molecule has 1 aliphatic heterocycles. The average molecular weight is 244 g/mol. The Morgan fingerprint density at radius 3 is 2.78 bits per heavy atom. The summed E-state index contributed by atoms with van der Waals surface area (Å²) in [5.74, 6) is 0. The van der Waals surface area contributed by atoms with E-state index in [1.807, 2.05) is 0 Å². The van der Waals surface area contributed by atoms with Crippen LogP contribution in [0.25, 0.3) is 0 Å². The van der Waals surface area contributed by atoms with Crippen molar-refractivity contribution in [3.8, 4) is 0 Å². The van der Waals surface area contributed by atoms with Crippen LogP contribution >= 0.6 is 0 Å². The minimum Gasteiger partial charge on any atom is -0.312 e. The monoisotopic (exact) mass is 244 g/mol. The fraction of sp³-hybridized carbons (Fsp3) is 0.625. The summed E-state index contributed by atoms with van der Waals surface area (Å²) < 4.78 is 0. The van der Waals surface area contributed by atoms with E-state index < -0.39 is 0 Å². The van der Waals surface area contributed by atoms with Crippen molar-refractivity contribution >= 4 is 0 Å². The van der Waals surface area contributed by atoms with Crippen molar-refractivity contribution in [2.75, 3.05) is 6.54 Å². The molecule has 2 N–H and O–H groups in total. The Kier molecular flexibility index (Phi) is 3.40. The highest BCUT2D eigenvalue weighted by atomic mass is 14.9. The number of hydrogen-bond acceptors (Lipinski definition) is 2. The summed E-state index contributed by atoms with van der Waals surface area (Å²) in [6.45, 7) is 6.70. The summed E-state index contributed by atoms with van der Waals surface area (Å²) in [6, 6.07) is 6.92. The van der Waals surface area contributed by atoms with Gasteiger partial charge in [0.25, 0.3) is 0 Å². The smallest absolute Gasteiger partial charge is 0.0212 e. The number of nitrogens with one attached hydrogen (secondary N) is 2. The Morgan fingerprint density at radius 1 is 1.17 bits per heavy atom. The van der Waals surface area contributed by atoms with E-state index in [0.29, 0.717) is 5.41 Å². The number of hydrogen-bond donors (Lipinski definition) is 2. The van der Waals surface area contributed by atoms with Crippen molar-refractivity contribution in [1.82, 2.24) is 10.6 Å². The second-order valence-electron chi connectivity index (χ2n) is 6.33. The summed E-state index contributed by atoms with van der Waals surface area (Å²) in [4.78, 5) is 0. The zero-order valence-electron chi connectivity index (χ0n) is 11.4. The minimum absolute atomic E-state index is 0.554. The molecular weight excluding hydrogens is 220 g/mol. The molecule has 1 aliphatic carbocycles. The van der Waals surface area contributed by atoms with Gasteiger partial charge >= 0.3 is 0 Å². The minimum atomic E-state index is 0.554. The molecule has 3 rings (SSSR count). The van der Waals surface area contributed by atoms with E-state index in [4.69, 9.17) is 0 Å². The number of fused-ring (bicyclic) bond motifs is 1. The van der Waals surface area contributed by atoms with E-state index in [1.54, 1.807) is 0 Å². The second-order valence-corrected chi connectivity index (χ2v) is 6.33. The lowest BCUT2D eigenvalue weighted by Crippen LogP contribution is -2.29. The van der Waals surface area contributed by atoms with E-state index >= 15 is 0 Å². The average Bonchev–Trinajstić information content (AvgIpc) is 2.97. The Balaban J connectivity index is 1.54. The molecule has 0 radical (unpaired) electrons. The van der Waals surface area contributed by atoms with Crippen LogP contribution in [0.15, 0.2) is 18.2 Å². The molecule has 0 saturated heterocycles. The van der Waals surface area contributed by atoms with Crippen LogP contribution in [0.5, 0.6) is 0 Å². The summed E-state index contributed by atoms with van der Waals surface area (Å²) >= 11 is 0. The van der Waals surface area contributed by atoms with Crippen LogP contribution in [0.1, 0.15) is 49.3 Å². The van der Waals surface area contributed by atoms with Crippen LogP contribution < -0.4 is 10.6 Å². The standard InChI is InChI=1S/C16H24N2/c1-16(6-2-3-7-16)12-18-9-13-4-5-14-10-17-11-15(14)8-13/h4-5,8,17-18H,2-3,6-7,9-12H2,1H3. The Labute approximate surface area is 110 Å². The number of rotatable bonds is 4. The maximum absolute atomic E-state index is 3.65. The largest absolute Gasteiger partial charge is 0.312 e. The molecule has 1 saturated carbocycles. The van der Waals surface area contributed by atoms with Crippen LogP contribution in [-0.4, -0.2) is 6.54 Å². The molecule has 2 aliphatic rings. The normalized spacial score (nSPS) is 21.2. The van der Waals surface area contributed by atoms with Crippen molar-refractivity contribution < 1.29 is 0 Å². The van der Waals surface area contributed by atoms with Crippen molar-refractivity contribution in [2.45, 2.75) is 52.2 Å². The fourth-order valence-corrected chi connectivity index (χ4v) is 3.37. The molecular formula is C16H24N2. The van der Waals surface area contributed by atoms with Gasteiger partial charge in [0.2, 0.25) is 0 Å². The van der Waals surface area contributed by atoms with Gasteiger partial charge < -0.3 is 10.6 Å². The molecule has 1 aromatic carbocycles. The van der Waals surface area contributed by atoms with Crippen LogP contribution in [0.4, 0.5) is 0 Å². The van der Waals surface area contributed by atoms with Gasteiger partial charge in [0.05, 0.1) is 0 Å². The topological polar surface area (TPSA) is 24.1 Å². The van der Waals surface area contributed by atoms with Crippen molar-refractivity contribution in [3.05, 3.63) is 34.9 Å². The van der Waals surface area contributed by atoms with Gasteiger partial charge in [0, 0.05) is 26.2 Å². The van der Waals surface area contributed by atoms with Gasteiger partial charge in [-0.2, -0.15) is 0 Å². The van der Waals surface area contributed by atoms with Gasteiger partial charge in [-0.3, -0.25) is 0 Å². The zero-order chi connectivity index (χ0) is 12.4. The van der Waals surface area contributed by atoms with Gasteiger partial charge in [-0.05, 0) is 34.9 Å². The quantitative estimate of drug-likeness (QED) is 0.851. The molecule has 0 unspecified atom stereocenters. The molecule has 2 nitrogen and oxygen atoms in total. The van der Waals surface area contributed by atoms with Crippen LogP contribution in [0.2, 0.25) is 0 Å². The molecule has 0 aromatic heterocycles. The van der Waals surface area contributed by atoms with Crippen LogP contribution in [-0.2, 0) is 19.6 Å². The third kappa shape index (κ3) is 2.60. The zero-order valence-corrected chi connectivity index (χ0v) is 11.4. The van der Waals surface area contributed by atoms with E-state index in [0.717, 1.165) is 19.6 Å².